The van der Waals surface area contributed by atoms with Crippen molar-refractivity contribution in [1.82, 2.24) is 9.78 Å². The van der Waals surface area contributed by atoms with Gasteiger partial charge < -0.3 is 5.11 Å². The summed E-state index contributed by atoms with van der Waals surface area (Å²) in [6, 6.07) is 0. The lowest BCUT2D eigenvalue weighted by Gasteiger charge is -1.99. The summed E-state index contributed by atoms with van der Waals surface area (Å²) in [5.41, 5.74) is -1.54. The number of rotatable bonds is 5. The summed E-state index contributed by atoms with van der Waals surface area (Å²) >= 11 is 0. The predicted molar refractivity (Wildman–Crippen MR) is 55.4 cm³/mol. The van der Waals surface area contributed by atoms with E-state index < -0.39 is 28.4 Å². The fraction of sp³-hybridized carbons (Fsp3) is 0.333. The second-order valence-corrected chi connectivity index (χ2v) is 3.48. The number of halogens is 2. The molecule has 0 aliphatic heterocycles. The molecule has 0 aliphatic rings. The minimum absolute atomic E-state index is 0.0582. The van der Waals surface area contributed by atoms with Crippen LogP contribution in [0.2, 0.25) is 0 Å². The topological polar surface area (TPSA) is 98.3 Å². The van der Waals surface area contributed by atoms with Gasteiger partial charge in [0.15, 0.2) is 0 Å². The first kappa shape index (κ1) is 13.7. The molecular formula is C9H9F2N3O4. The SMILES string of the molecule is CC(CCn1cc([N+](=O)[O-])c(C(=O)O)n1)=C(F)F. The van der Waals surface area contributed by atoms with Gasteiger partial charge in [-0.15, -0.1) is 0 Å². The normalized spacial score (nSPS) is 10.2. The van der Waals surface area contributed by atoms with E-state index in [1.54, 1.807) is 0 Å². The maximum Gasteiger partial charge on any atom is 0.363 e. The molecule has 1 rings (SSSR count). The number of aromatic nitrogens is 2. The molecular weight excluding hydrogens is 252 g/mol. The predicted octanol–water partition coefficient (Wildman–Crippen LogP) is 2.05. The zero-order chi connectivity index (χ0) is 13.9. The molecule has 1 N–H and O–H groups in total. The highest BCUT2D eigenvalue weighted by Crippen LogP contribution is 2.18. The minimum Gasteiger partial charge on any atom is -0.476 e. The first-order valence-corrected chi connectivity index (χ1v) is 4.78. The van der Waals surface area contributed by atoms with Crippen molar-refractivity contribution in [3.8, 4) is 0 Å². The van der Waals surface area contributed by atoms with Crippen LogP contribution in [0.3, 0.4) is 0 Å². The second-order valence-electron chi connectivity index (χ2n) is 3.48. The largest absolute Gasteiger partial charge is 0.476 e. The average Bonchev–Trinajstić information content (AvgIpc) is 2.69. The van der Waals surface area contributed by atoms with Crippen LogP contribution in [0.4, 0.5) is 14.5 Å². The first-order chi connectivity index (χ1) is 8.32. The number of hydrogen-bond acceptors (Lipinski definition) is 4. The number of aryl methyl sites for hydroxylation is 1. The monoisotopic (exact) mass is 261 g/mol. The summed E-state index contributed by atoms with van der Waals surface area (Å²) in [7, 11) is 0. The standard InChI is InChI=1S/C9H9F2N3O4/c1-5(8(10)11)2-3-13-4-6(14(17)18)7(12-13)9(15)16/h4H,2-3H2,1H3,(H,15,16). The molecule has 0 amide bonds. The summed E-state index contributed by atoms with van der Waals surface area (Å²) in [6.45, 7) is 1.16. The molecule has 1 heterocycles. The Morgan fingerprint density at radius 1 is 1.61 bits per heavy atom. The lowest BCUT2D eigenvalue weighted by atomic mass is 10.2. The Morgan fingerprint density at radius 3 is 2.61 bits per heavy atom. The lowest BCUT2D eigenvalue weighted by molar-refractivity contribution is -0.385. The van der Waals surface area contributed by atoms with Crippen molar-refractivity contribution in [2.75, 3.05) is 0 Å². The molecule has 0 atom stereocenters. The van der Waals surface area contributed by atoms with Gasteiger partial charge in [0, 0.05) is 6.54 Å². The third kappa shape index (κ3) is 3.09. The van der Waals surface area contributed by atoms with Crippen LogP contribution in [-0.2, 0) is 6.54 Å². The third-order valence-corrected chi connectivity index (χ3v) is 2.18. The number of allylic oxidation sites excluding steroid dienone is 1. The van der Waals surface area contributed by atoms with Crippen molar-refractivity contribution >= 4 is 11.7 Å². The zero-order valence-electron chi connectivity index (χ0n) is 9.26. The molecule has 0 radical (unpaired) electrons. The van der Waals surface area contributed by atoms with Crippen molar-refractivity contribution in [3.63, 3.8) is 0 Å². The van der Waals surface area contributed by atoms with Gasteiger partial charge >= 0.3 is 11.7 Å². The zero-order valence-corrected chi connectivity index (χ0v) is 9.26. The summed E-state index contributed by atoms with van der Waals surface area (Å²) < 4.78 is 25.2. The quantitative estimate of drug-likeness (QED) is 0.646. The van der Waals surface area contributed by atoms with E-state index in [-0.39, 0.29) is 18.5 Å². The van der Waals surface area contributed by atoms with Gasteiger partial charge in [-0.05, 0) is 18.9 Å². The molecule has 9 heteroatoms. The van der Waals surface area contributed by atoms with Gasteiger partial charge in [-0.2, -0.15) is 13.9 Å². The van der Waals surface area contributed by atoms with Gasteiger partial charge in [0.25, 0.3) is 6.08 Å². The molecule has 0 unspecified atom stereocenters. The molecule has 0 saturated carbocycles. The summed E-state index contributed by atoms with van der Waals surface area (Å²) in [6.07, 6.45) is -0.984. The number of nitrogens with zero attached hydrogens (tertiary/aromatic N) is 3. The van der Waals surface area contributed by atoms with Gasteiger partial charge in [-0.25, -0.2) is 4.79 Å². The molecule has 1 aromatic heterocycles. The van der Waals surface area contributed by atoms with Crippen LogP contribution >= 0.6 is 0 Å². The van der Waals surface area contributed by atoms with Crippen LogP contribution in [-0.4, -0.2) is 25.8 Å². The van der Waals surface area contributed by atoms with E-state index in [0.717, 1.165) is 10.9 Å². The molecule has 0 bridgehead atoms. The van der Waals surface area contributed by atoms with E-state index in [9.17, 15) is 23.7 Å². The van der Waals surface area contributed by atoms with Gasteiger partial charge in [0.1, 0.15) is 6.20 Å². The minimum atomic E-state index is -1.82. The Kier molecular flexibility index (Phi) is 4.08. The molecule has 0 saturated heterocycles. The molecule has 7 nitrogen and oxygen atoms in total. The number of nitro groups is 1. The molecule has 0 aliphatic carbocycles. The molecule has 0 aromatic carbocycles. The third-order valence-electron chi connectivity index (χ3n) is 2.18. The van der Waals surface area contributed by atoms with Crippen LogP contribution < -0.4 is 0 Å². The Morgan fingerprint density at radius 2 is 2.22 bits per heavy atom. The number of aromatic carboxylic acids is 1. The molecule has 98 valence electrons. The van der Waals surface area contributed by atoms with Crippen molar-refractivity contribution in [2.24, 2.45) is 0 Å². The molecule has 18 heavy (non-hydrogen) atoms. The van der Waals surface area contributed by atoms with Crippen molar-refractivity contribution in [3.05, 3.63) is 33.7 Å². The maximum absolute atomic E-state index is 12.1. The van der Waals surface area contributed by atoms with Crippen LogP contribution in [0.5, 0.6) is 0 Å². The van der Waals surface area contributed by atoms with Crippen LogP contribution in [0, 0.1) is 10.1 Å². The summed E-state index contributed by atoms with van der Waals surface area (Å²) in [5, 5.41) is 22.7. The summed E-state index contributed by atoms with van der Waals surface area (Å²) in [5.74, 6) is -1.54. The fourth-order valence-corrected chi connectivity index (χ4v) is 1.19. The van der Waals surface area contributed by atoms with Gasteiger partial charge in [0.2, 0.25) is 5.69 Å². The number of hydrogen-bond donors (Lipinski definition) is 1. The highest BCUT2D eigenvalue weighted by Gasteiger charge is 2.24. The van der Waals surface area contributed by atoms with E-state index in [0.29, 0.717) is 0 Å². The van der Waals surface area contributed by atoms with Crippen molar-refractivity contribution < 1.29 is 23.6 Å². The van der Waals surface area contributed by atoms with Crippen molar-refractivity contribution in [2.45, 2.75) is 19.9 Å². The number of carboxylic acid groups (broad SMARTS) is 1. The molecule has 0 fully saturated rings. The van der Waals surface area contributed by atoms with Crippen LogP contribution in [0.25, 0.3) is 0 Å². The van der Waals surface area contributed by atoms with E-state index in [1.807, 2.05) is 0 Å². The summed E-state index contributed by atoms with van der Waals surface area (Å²) in [4.78, 5) is 20.3. The van der Waals surface area contributed by atoms with E-state index in [4.69, 9.17) is 5.11 Å². The van der Waals surface area contributed by atoms with E-state index >= 15 is 0 Å². The van der Waals surface area contributed by atoms with E-state index in [2.05, 4.69) is 5.10 Å². The van der Waals surface area contributed by atoms with Crippen LogP contribution in [0.15, 0.2) is 17.9 Å². The Bertz CT molecular complexity index is 488. The number of carbonyl (C=O) groups is 1. The molecule has 1 aromatic rings. The van der Waals surface area contributed by atoms with E-state index in [1.165, 1.54) is 6.92 Å². The highest BCUT2D eigenvalue weighted by molar-refractivity contribution is 5.89. The lowest BCUT2D eigenvalue weighted by Crippen LogP contribution is -2.04. The van der Waals surface area contributed by atoms with Gasteiger partial charge in [-0.3, -0.25) is 14.8 Å². The Hall–Kier alpha value is -2.32. The Balaban J connectivity index is 2.93. The average molecular weight is 261 g/mol. The maximum atomic E-state index is 12.1. The van der Waals surface area contributed by atoms with Crippen molar-refractivity contribution in [1.29, 1.82) is 0 Å². The van der Waals surface area contributed by atoms with Gasteiger partial charge in [-0.1, -0.05) is 0 Å². The number of carboxylic acids is 1. The first-order valence-electron chi connectivity index (χ1n) is 4.78. The highest BCUT2D eigenvalue weighted by atomic mass is 19.3. The second kappa shape index (κ2) is 5.34. The van der Waals surface area contributed by atoms with Crippen LogP contribution in [0.1, 0.15) is 23.8 Å². The van der Waals surface area contributed by atoms with Gasteiger partial charge in [0.05, 0.1) is 4.92 Å². The smallest absolute Gasteiger partial charge is 0.363 e. The Labute approximate surface area is 99.5 Å². The molecule has 0 spiro atoms. The fourth-order valence-electron chi connectivity index (χ4n) is 1.19.